The second-order valence-electron chi connectivity index (χ2n) is 7.77. The second kappa shape index (κ2) is 11.1. The van der Waals surface area contributed by atoms with E-state index in [1.54, 1.807) is 0 Å². The van der Waals surface area contributed by atoms with E-state index < -0.39 is 75.8 Å². The molecule has 2 heterocycles. The molecule has 0 saturated carbocycles. The molecule has 37 heavy (non-hydrogen) atoms. The van der Waals surface area contributed by atoms with Gasteiger partial charge in [-0.15, -0.1) is 0 Å². The van der Waals surface area contributed by atoms with Gasteiger partial charge in [0.2, 0.25) is 27.9 Å². The fraction of sp³-hybridized carbons (Fsp3) is 0.286. The Morgan fingerprint density at radius 1 is 1.00 bits per heavy atom. The number of fused-ring (bicyclic) bond motifs is 1. The quantitative estimate of drug-likeness (QED) is 0.0982. The van der Waals surface area contributed by atoms with Crippen LogP contribution in [0.15, 0.2) is 45.6 Å². The molecule has 3 aromatic rings. The molecule has 2 aromatic carbocycles. The molecule has 4 rings (SSSR count). The van der Waals surface area contributed by atoms with Crippen LogP contribution in [0.5, 0.6) is 23.0 Å². The summed E-state index contributed by atoms with van der Waals surface area (Å²) in [5.41, 5.74) is -1.21. The van der Waals surface area contributed by atoms with Crippen LogP contribution in [0.3, 0.4) is 0 Å². The Kier molecular flexibility index (Phi) is 8.75. The predicted molar refractivity (Wildman–Crippen MR) is 116 cm³/mol. The minimum Gasteiger partial charge on any atom is -0.726 e. The summed E-state index contributed by atoms with van der Waals surface area (Å²) in [4.78, 5) is 13.4. The molecule has 2 unspecified atom stereocenters. The summed E-state index contributed by atoms with van der Waals surface area (Å²) < 4.78 is 54.5. The molecular weight excluding hydrogens is 531 g/mol. The minimum atomic E-state index is -5.49. The van der Waals surface area contributed by atoms with Gasteiger partial charge >= 0.3 is 29.6 Å². The maximum absolute atomic E-state index is 13.4. The first-order chi connectivity index (χ1) is 16.9. The van der Waals surface area contributed by atoms with Crippen molar-refractivity contribution in [1.82, 2.24) is 0 Å². The zero-order valence-corrected chi connectivity index (χ0v) is 21.7. The van der Waals surface area contributed by atoms with E-state index >= 15 is 0 Å². The molecule has 0 bridgehead atoms. The summed E-state index contributed by atoms with van der Waals surface area (Å²) in [7, 11) is -5.49. The summed E-state index contributed by atoms with van der Waals surface area (Å²) in [6.07, 6.45) is -9.84. The molecule has 6 N–H and O–H groups in total. The number of hydrogen-bond donors (Lipinski definition) is 6. The molecule has 1 fully saturated rings. The first-order valence-corrected chi connectivity index (χ1v) is 11.5. The van der Waals surface area contributed by atoms with E-state index in [0.29, 0.717) is 0 Å². The van der Waals surface area contributed by atoms with Gasteiger partial charge in [0, 0.05) is 17.7 Å². The number of rotatable bonds is 6. The fourth-order valence-corrected chi connectivity index (χ4v) is 4.16. The van der Waals surface area contributed by atoms with Crippen LogP contribution < -0.4 is 39.7 Å². The molecule has 1 aliphatic heterocycles. The maximum Gasteiger partial charge on any atom is 1.00 e. The molecule has 1 aromatic heterocycles. The van der Waals surface area contributed by atoms with Crippen LogP contribution in [-0.4, -0.2) is 80.9 Å². The van der Waals surface area contributed by atoms with Crippen molar-refractivity contribution in [2.45, 2.75) is 30.7 Å². The number of aliphatic hydroxyl groups is 3. The SMILES string of the molecule is O=c1c(O[C@@H]2OC(CO)[C@H](O)[C@H](O)C2OS(=O)(=O)[O-])c(-c2ccc(O)cc2)oc2cc(O)cc(O)c12.[Na+]. The number of aliphatic hydroxyl groups excluding tert-OH is 3. The van der Waals surface area contributed by atoms with Crippen molar-refractivity contribution in [2.75, 3.05) is 6.61 Å². The van der Waals surface area contributed by atoms with Crippen molar-refractivity contribution in [3.05, 3.63) is 46.6 Å². The average molecular weight is 550 g/mol. The van der Waals surface area contributed by atoms with E-state index in [4.69, 9.17) is 13.9 Å². The van der Waals surface area contributed by atoms with Crippen LogP contribution in [0, 0.1) is 0 Å². The molecule has 16 heteroatoms. The van der Waals surface area contributed by atoms with E-state index in [-0.39, 0.29) is 52.2 Å². The number of benzene rings is 2. The Bertz CT molecular complexity index is 1440. The van der Waals surface area contributed by atoms with Crippen LogP contribution in [0.2, 0.25) is 0 Å². The topological polar surface area (TPSA) is 236 Å². The number of phenolic OH excluding ortho intramolecular Hbond substituents is 3. The number of hydrogen-bond acceptors (Lipinski definition) is 14. The van der Waals surface area contributed by atoms with Crippen molar-refractivity contribution >= 4 is 21.4 Å². The second-order valence-corrected chi connectivity index (χ2v) is 8.78. The van der Waals surface area contributed by atoms with Crippen LogP contribution in [0.1, 0.15) is 0 Å². The summed E-state index contributed by atoms with van der Waals surface area (Å²) in [5, 5.41) is 59.0. The van der Waals surface area contributed by atoms with Crippen molar-refractivity contribution in [3.63, 3.8) is 0 Å². The van der Waals surface area contributed by atoms with Crippen molar-refractivity contribution in [2.24, 2.45) is 0 Å². The number of ether oxygens (including phenoxy) is 2. The molecule has 194 valence electrons. The van der Waals surface area contributed by atoms with Gasteiger partial charge in [0.25, 0.3) is 0 Å². The molecule has 0 amide bonds. The van der Waals surface area contributed by atoms with Crippen LogP contribution in [0.25, 0.3) is 22.3 Å². The van der Waals surface area contributed by atoms with Gasteiger partial charge in [0.1, 0.15) is 46.5 Å². The normalized spacial score (nSPS) is 23.9. The fourth-order valence-electron chi connectivity index (χ4n) is 3.68. The summed E-state index contributed by atoms with van der Waals surface area (Å²) >= 11 is 0. The van der Waals surface area contributed by atoms with Gasteiger partial charge in [-0.3, -0.25) is 8.98 Å². The molecule has 0 radical (unpaired) electrons. The molecule has 0 spiro atoms. The third-order valence-electron chi connectivity index (χ3n) is 5.33. The van der Waals surface area contributed by atoms with Gasteiger partial charge in [0.05, 0.1) is 6.61 Å². The summed E-state index contributed by atoms with van der Waals surface area (Å²) in [6.45, 7) is -0.883. The van der Waals surface area contributed by atoms with E-state index in [1.807, 2.05) is 0 Å². The Hall–Kier alpha value is -2.44. The van der Waals surface area contributed by atoms with E-state index in [0.717, 1.165) is 12.1 Å². The standard InChI is InChI=1S/C21H20O14S.Na/c22-7-13-15(26)17(28)20(35-36(29,30)31)21(33-13)34-19-16(27)14-11(25)5-10(24)6-12(14)32-18(19)8-1-3-9(23)4-2-8;/h1-6,13,15,17,20-26,28H,7H2,(H,29,30,31);/q;+1/p-1/t13?,15-,17-,20?,21-;/m0./s1. The Labute approximate surface area is 230 Å². The Morgan fingerprint density at radius 3 is 2.24 bits per heavy atom. The molecular formula is C21H19NaO14S. The van der Waals surface area contributed by atoms with Crippen LogP contribution in [0.4, 0.5) is 0 Å². The predicted octanol–water partition coefficient (Wildman–Crippen LogP) is -3.76. The van der Waals surface area contributed by atoms with E-state index in [1.165, 1.54) is 24.3 Å². The molecule has 1 aliphatic rings. The molecule has 1 saturated heterocycles. The zero-order chi connectivity index (χ0) is 26.4. The largest absolute Gasteiger partial charge is 1.00 e. The minimum absolute atomic E-state index is 0. The van der Waals surface area contributed by atoms with Crippen molar-refractivity contribution in [3.8, 4) is 34.3 Å². The maximum atomic E-state index is 13.4. The van der Waals surface area contributed by atoms with Gasteiger partial charge in [-0.1, -0.05) is 0 Å². The van der Waals surface area contributed by atoms with E-state index in [9.17, 15) is 48.4 Å². The van der Waals surface area contributed by atoms with Crippen molar-refractivity contribution < 1.29 is 91.2 Å². The summed E-state index contributed by atoms with van der Waals surface area (Å²) in [6, 6.07) is 6.96. The number of phenols is 3. The van der Waals surface area contributed by atoms with Gasteiger partial charge in [-0.2, -0.15) is 0 Å². The smallest absolute Gasteiger partial charge is 0.726 e. The van der Waals surface area contributed by atoms with Crippen molar-refractivity contribution in [1.29, 1.82) is 0 Å². The number of aromatic hydroxyl groups is 3. The monoisotopic (exact) mass is 550 g/mol. The zero-order valence-electron chi connectivity index (χ0n) is 18.9. The van der Waals surface area contributed by atoms with Gasteiger partial charge < -0.3 is 49.1 Å². The third-order valence-corrected chi connectivity index (χ3v) is 5.79. The van der Waals surface area contributed by atoms with E-state index in [2.05, 4.69) is 4.18 Å². The average Bonchev–Trinajstić information content (AvgIpc) is 2.79. The Balaban J connectivity index is 0.00000380. The van der Waals surface area contributed by atoms with Gasteiger partial charge in [-0.05, 0) is 24.3 Å². The molecule has 0 aliphatic carbocycles. The first-order valence-electron chi connectivity index (χ1n) is 10.1. The van der Waals surface area contributed by atoms with Crippen LogP contribution >= 0.6 is 0 Å². The summed E-state index contributed by atoms with van der Waals surface area (Å²) in [5.74, 6) is -2.38. The first kappa shape index (κ1) is 29.1. The van der Waals surface area contributed by atoms with Crippen LogP contribution in [-0.2, 0) is 19.3 Å². The molecule has 5 atom stereocenters. The third kappa shape index (κ3) is 6.01. The molecule has 14 nitrogen and oxygen atoms in total. The van der Waals surface area contributed by atoms with Gasteiger partial charge in [-0.25, -0.2) is 8.42 Å². The van der Waals surface area contributed by atoms with Gasteiger partial charge in [0.15, 0.2) is 11.9 Å². The Morgan fingerprint density at radius 2 is 1.65 bits per heavy atom.